The highest BCUT2D eigenvalue weighted by Crippen LogP contribution is 2.25. The maximum absolute atomic E-state index is 5.82. The van der Waals surface area contributed by atoms with E-state index in [1.54, 1.807) is 13.2 Å². The molecular weight excluding hydrogens is 268 g/mol. The summed E-state index contributed by atoms with van der Waals surface area (Å²) >= 11 is 0. The standard InChI is InChI=1S/C15H16N4O2/c1-20-13-5-3-2-4-10(13)8-9-17-12-7-6-11(16)14-15(12)19-21-18-14/h2-7,17H,8-9,16H2,1H3. The van der Waals surface area contributed by atoms with E-state index in [4.69, 9.17) is 15.1 Å². The molecule has 2 aromatic carbocycles. The Labute approximate surface area is 121 Å². The van der Waals surface area contributed by atoms with Crippen molar-refractivity contribution in [2.75, 3.05) is 24.7 Å². The minimum absolute atomic E-state index is 0.557. The molecule has 0 amide bonds. The Morgan fingerprint density at radius 2 is 1.95 bits per heavy atom. The molecule has 1 aromatic heterocycles. The molecule has 6 heteroatoms. The van der Waals surface area contributed by atoms with Crippen LogP contribution >= 0.6 is 0 Å². The van der Waals surface area contributed by atoms with Crippen molar-refractivity contribution >= 4 is 22.4 Å². The number of methoxy groups -OCH3 is 1. The Morgan fingerprint density at radius 1 is 1.14 bits per heavy atom. The Hall–Kier alpha value is -2.76. The van der Waals surface area contributed by atoms with Crippen LogP contribution in [0.15, 0.2) is 41.0 Å². The number of ether oxygens (including phenoxy) is 1. The molecule has 3 N–H and O–H groups in total. The van der Waals surface area contributed by atoms with Crippen molar-refractivity contribution in [1.29, 1.82) is 0 Å². The van der Waals surface area contributed by atoms with Crippen molar-refractivity contribution < 1.29 is 9.37 Å². The number of aromatic nitrogens is 2. The third kappa shape index (κ3) is 2.60. The fraction of sp³-hybridized carbons (Fsp3) is 0.200. The van der Waals surface area contributed by atoms with Crippen molar-refractivity contribution in [1.82, 2.24) is 10.3 Å². The van der Waals surface area contributed by atoms with Gasteiger partial charge in [0.2, 0.25) is 0 Å². The minimum Gasteiger partial charge on any atom is -0.496 e. The molecule has 0 aliphatic heterocycles. The summed E-state index contributed by atoms with van der Waals surface area (Å²) in [6.07, 6.45) is 0.834. The molecule has 0 atom stereocenters. The highest BCUT2D eigenvalue weighted by molar-refractivity contribution is 5.94. The van der Waals surface area contributed by atoms with E-state index in [9.17, 15) is 0 Å². The second-order valence-corrected chi connectivity index (χ2v) is 4.65. The van der Waals surface area contributed by atoms with Crippen LogP contribution in [0.1, 0.15) is 5.56 Å². The zero-order valence-electron chi connectivity index (χ0n) is 11.7. The van der Waals surface area contributed by atoms with Crippen molar-refractivity contribution in [3.05, 3.63) is 42.0 Å². The number of para-hydroxylation sites is 1. The molecule has 0 aliphatic rings. The Balaban J connectivity index is 1.72. The van der Waals surface area contributed by atoms with Gasteiger partial charge in [-0.3, -0.25) is 0 Å². The predicted molar refractivity (Wildman–Crippen MR) is 81.4 cm³/mol. The predicted octanol–water partition coefficient (Wildman–Crippen LogP) is 2.47. The van der Waals surface area contributed by atoms with Crippen LogP contribution in [0, 0.1) is 0 Å². The van der Waals surface area contributed by atoms with E-state index in [2.05, 4.69) is 21.7 Å². The smallest absolute Gasteiger partial charge is 0.160 e. The van der Waals surface area contributed by atoms with Crippen LogP contribution in [0.25, 0.3) is 11.0 Å². The van der Waals surface area contributed by atoms with Gasteiger partial charge >= 0.3 is 0 Å². The summed E-state index contributed by atoms with van der Waals surface area (Å²) in [4.78, 5) is 0. The number of fused-ring (bicyclic) bond motifs is 1. The second-order valence-electron chi connectivity index (χ2n) is 4.65. The number of nitrogens with zero attached hydrogens (tertiary/aromatic N) is 2. The van der Waals surface area contributed by atoms with E-state index in [0.717, 1.165) is 30.0 Å². The summed E-state index contributed by atoms with van der Waals surface area (Å²) < 4.78 is 10.1. The molecule has 1 heterocycles. The number of hydrogen-bond acceptors (Lipinski definition) is 6. The quantitative estimate of drug-likeness (QED) is 0.700. The molecule has 0 fully saturated rings. The summed E-state index contributed by atoms with van der Waals surface area (Å²) in [5.41, 5.74) is 9.61. The van der Waals surface area contributed by atoms with Gasteiger partial charge in [0.15, 0.2) is 11.0 Å². The summed E-state index contributed by atoms with van der Waals surface area (Å²) in [7, 11) is 1.68. The lowest BCUT2D eigenvalue weighted by Crippen LogP contribution is -2.06. The lowest BCUT2D eigenvalue weighted by atomic mass is 10.1. The fourth-order valence-electron chi connectivity index (χ4n) is 2.27. The Kier molecular flexibility index (Phi) is 3.59. The van der Waals surface area contributed by atoms with Crippen LogP contribution in [0.4, 0.5) is 11.4 Å². The van der Waals surface area contributed by atoms with Crippen LogP contribution in [0.3, 0.4) is 0 Å². The van der Waals surface area contributed by atoms with Crippen molar-refractivity contribution in [2.45, 2.75) is 6.42 Å². The summed E-state index contributed by atoms with van der Waals surface area (Å²) in [6.45, 7) is 0.742. The topological polar surface area (TPSA) is 86.2 Å². The fourth-order valence-corrected chi connectivity index (χ4v) is 2.27. The van der Waals surface area contributed by atoms with E-state index in [1.807, 2.05) is 24.3 Å². The van der Waals surface area contributed by atoms with Gasteiger partial charge in [0, 0.05) is 6.54 Å². The highest BCUT2D eigenvalue weighted by Gasteiger charge is 2.09. The van der Waals surface area contributed by atoms with Crippen LogP contribution in [-0.2, 0) is 6.42 Å². The summed E-state index contributed by atoms with van der Waals surface area (Å²) in [5.74, 6) is 0.893. The number of hydrogen-bond donors (Lipinski definition) is 2. The van der Waals surface area contributed by atoms with Crippen LogP contribution in [-0.4, -0.2) is 24.0 Å². The van der Waals surface area contributed by atoms with Crippen molar-refractivity contribution in [3.8, 4) is 5.75 Å². The molecule has 0 radical (unpaired) electrons. The summed E-state index contributed by atoms with van der Waals surface area (Å²) in [5, 5.41) is 11.0. The minimum atomic E-state index is 0.557. The van der Waals surface area contributed by atoms with E-state index in [-0.39, 0.29) is 0 Å². The normalized spacial score (nSPS) is 10.7. The second kappa shape index (κ2) is 5.70. The number of nitrogens with two attached hydrogens (primary N) is 1. The molecule has 0 aliphatic carbocycles. The molecule has 6 nitrogen and oxygen atoms in total. The lowest BCUT2D eigenvalue weighted by molar-refractivity contribution is 0.316. The molecule has 0 spiro atoms. The molecule has 108 valence electrons. The monoisotopic (exact) mass is 284 g/mol. The van der Waals surface area contributed by atoms with Gasteiger partial charge in [0.1, 0.15) is 5.75 Å². The van der Waals surface area contributed by atoms with Gasteiger partial charge in [-0.25, -0.2) is 4.63 Å². The Bertz CT molecular complexity index is 754. The van der Waals surface area contributed by atoms with E-state index in [1.165, 1.54) is 0 Å². The molecule has 21 heavy (non-hydrogen) atoms. The molecule has 0 saturated carbocycles. The Morgan fingerprint density at radius 3 is 2.81 bits per heavy atom. The van der Waals surface area contributed by atoms with Crippen LogP contribution in [0.2, 0.25) is 0 Å². The van der Waals surface area contributed by atoms with Crippen molar-refractivity contribution in [2.24, 2.45) is 0 Å². The van der Waals surface area contributed by atoms with Gasteiger partial charge in [-0.1, -0.05) is 18.2 Å². The van der Waals surface area contributed by atoms with Crippen molar-refractivity contribution in [3.63, 3.8) is 0 Å². The molecule has 0 bridgehead atoms. The molecular formula is C15H16N4O2. The van der Waals surface area contributed by atoms with E-state index in [0.29, 0.717) is 16.7 Å². The van der Waals surface area contributed by atoms with Gasteiger partial charge in [0.25, 0.3) is 0 Å². The van der Waals surface area contributed by atoms with Crippen LogP contribution in [0.5, 0.6) is 5.75 Å². The SMILES string of the molecule is COc1ccccc1CCNc1ccc(N)c2nonc12. The number of benzene rings is 2. The number of nitrogen functional groups attached to an aromatic ring is 1. The van der Waals surface area contributed by atoms with Gasteiger partial charge in [-0.2, -0.15) is 0 Å². The average molecular weight is 284 g/mol. The highest BCUT2D eigenvalue weighted by atomic mass is 16.6. The van der Waals surface area contributed by atoms with E-state index >= 15 is 0 Å². The van der Waals surface area contributed by atoms with Gasteiger partial charge in [-0.15, -0.1) is 0 Å². The molecule has 3 rings (SSSR count). The first-order valence-corrected chi connectivity index (χ1v) is 6.66. The first-order chi connectivity index (χ1) is 10.3. The largest absolute Gasteiger partial charge is 0.496 e. The van der Waals surface area contributed by atoms with Gasteiger partial charge in [0.05, 0.1) is 18.5 Å². The third-order valence-electron chi connectivity index (χ3n) is 3.35. The average Bonchev–Trinajstić information content (AvgIpc) is 3.01. The lowest BCUT2D eigenvalue weighted by Gasteiger charge is -2.10. The maximum Gasteiger partial charge on any atom is 0.160 e. The first-order valence-electron chi connectivity index (χ1n) is 6.66. The molecule has 0 unspecified atom stereocenters. The van der Waals surface area contributed by atoms with E-state index < -0.39 is 0 Å². The third-order valence-corrected chi connectivity index (χ3v) is 3.35. The van der Waals surface area contributed by atoms with Gasteiger partial charge in [-0.05, 0) is 40.5 Å². The number of rotatable bonds is 5. The summed E-state index contributed by atoms with van der Waals surface area (Å²) in [6, 6.07) is 11.6. The zero-order chi connectivity index (χ0) is 14.7. The number of anilines is 2. The van der Waals surface area contributed by atoms with Gasteiger partial charge < -0.3 is 15.8 Å². The zero-order valence-corrected chi connectivity index (χ0v) is 11.7. The van der Waals surface area contributed by atoms with Crippen LogP contribution < -0.4 is 15.8 Å². The number of nitrogens with one attached hydrogen (secondary N) is 1. The first kappa shape index (κ1) is 13.2. The maximum atomic E-state index is 5.82. The molecule has 3 aromatic rings. The molecule has 0 saturated heterocycles.